The van der Waals surface area contributed by atoms with Gasteiger partial charge in [-0.05, 0) is 38.3 Å². The average molecular weight is 358 g/mol. The Hall–Kier alpha value is -2.30. The Morgan fingerprint density at radius 1 is 1.12 bits per heavy atom. The van der Waals surface area contributed by atoms with Gasteiger partial charge in [-0.2, -0.15) is 0 Å². The molecule has 0 unspecified atom stereocenters. The minimum absolute atomic E-state index is 0.0365. The highest BCUT2D eigenvalue weighted by atomic mass is 19.1. The Morgan fingerprint density at radius 3 is 2.27 bits per heavy atom. The molecule has 5 heteroatoms. The molecule has 0 aliphatic heterocycles. The molecule has 0 spiro atoms. The molecule has 0 atom stereocenters. The normalized spacial score (nSPS) is 19.9. The smallest absolute Gasteiger partial charge is 0.328 e. The Bertz CT molecular complexity index is 817. The Morgan fingerprint density at radius 2 is 1.69 bits per heavy atom. The number of aromatic nitrogens is 2. The summed E-state index contributed by atoms with van der Waals surface area (Å²) < 4.78 is 14.5. The van der Waals surface area contributed by atoms with Crippen LogP contribution in [0.25, 0.3) is 5.57 Å². The molecule has 1 N–H and O–H groups in total. The van der Waals surface area contributed by atoms with Gasteiger partial charge >= 0.3 is 5.97 Å². The first-order valence-corrected chi connectivity index (χ1v) is 8.78. The zero-order valence-electron chi connectivity index (χ0n) is 16.4. The number of allylic oxidation sites excluding steroid dienone is 5. The first-order valence-electron chi connectivity index (χ1n) is 8.78. The van der Waals surface area contributed by atoms with Crippen molar-refractivity contribution < 1.29 is 14.3 Å². The van der Waals surface area contributed by atoms with E-state index in [-0.39, 0.29) is 10.8 Å². The van der Waals surface area contributed by atoms with E-state index in [1.807, 2.05) is 0 Å². The number of hydrogen-bond acceptors (Lipinski definition) is 3. The van der Waals surface area contributed by atoms with E-state index in [1.165, 1.54) is 12.2 Å². The summed E-state index contributed by atoms with van der Waals surface area (Å²) in [5, 5.41) is 8.71. The summed E-state index contributed by atoms with van der Waals surface area (Å²) in [5.41, 5.74) is 3.15. The SMILES string of the molecule is CC(C=CC(F)=C(C)c1cnc2c(n1)C(C)(C)CCC2(C)C)=CC(=O)O. The molecule has 26 heavy (non-hydrogen) atoms. The number of carboxylic acid groups (broad SMARTS) is 1. The highest BCUT2D eigenvalue weighted by Gasteiger charge is 2.39. The fourth-order valence-electron chi connectivity index (χ4n) is 3.09. The second-order valence-electron chi connectivity index (χ2n) is 8.25. The number of carboxylic acids is 1. The van der Waals surface area contributed by atoms with E-state index in [9.17, 15) is 9.18 Å². The van der Waals surface area contributed by atoms with E-state index in [4.69, 9.17) is 10.1 Å². The van der Waals surface area contributed by atoms with Crippen LogP contribution in [0.1, 0.15) is 71.5 Å². The molecular formula is C21H27FN2O2. The van der Waals surface area contributed by atoms with Crippen LogP contribution in [0.2, 0.25) is 0 Å². The number of fused-ring (bicyclic) bond motifs is 1. The Labute approximate surface area is 154 Å². The second-order valence-corrected chi connectivity index (χ2v) is 8.25. The summed E-state index contributed by atoms with van der Waals surface area (Å²) in [6.45, 7) is 11.9. The van der Waals surface area contributed by atoms with Crippen molar-refractivity contribution >= 4 is 11.5 Å². The van der Waals surface area contributed by atoms with Gasteiger partial charge in [0.1, 0.15) is 5.83 Å². The predicted octanol–water partition coefficient (Wildman–Crippen LogP) is 5.11. The van der Waals surface area contributed by atoms with Crippen molar-refractivity contribution in [2.24, 2.45) is 0 Å². The van der Waals surface area contributed by atoms with Gasteiger partial charge in [-0.15, -0.1) is 0 Å². The maximum atomic E-state index is 14.5. The van der Waals surface area contributed by atoms with Gasteiger partial charge < -0.3 is 5.11 Å². The molecule has 0 amide bonds. The van der Waals surface area contributed by atoms with Crippen LogP contribution in [0.3, 0.4) is 0 Å². The first kappa shape index (κ1) is 20.0. The monoisotopic (exact) mass is 358 g/mol. The Balaban J connectivity index is 2.43. The molecule has 0 fully saturated rings. The van der Waals surface area contributed by atoms with Crippen molar-refractivity contribution in [3.63, 3.8) is 0 Å². The van der Waals surface area contributed by atoms with Crippen molar-refractivity contribution in [1.29, 1.82) is 0 Å². The summed E-state index contributed by atoms with van der Waals surface area (Å²) in [7, 11) is 0. The highest BCUT2D eigenvalue weighted by Crippen LogP contribution is 2.44. The molecule has 1 heterocycles. The molecular weight excluding hydrogens is 331 g/mol. The lowest BCUT2D eigenvalue weighted by Crippen LogP contribution is -2.36. The van der Waals surface area contributed by atoms with Gasteiger partial charge in [0, 0.05) is 22.5 Å². The summed E-state index contributed by atoms with van der Waals surface area (Å²) >= 11 is 0. The third-order valence-corrected chi connectivity index (χ3v) is 5.02. The zero-order chi connectivity index (χ0) is 19.7. The largest absolute Gasteiger partial charge is 0.478 e. The van der Waals surface area contributed by atoms with Crippen LogP contribution in [0, 0.1) is 0 Å². The quantitative estimate of drug-likeness (QED) is 0.600. The molecule has 1 aliphatic carbocycles. The van der Waals surface area contributed by atoms with E-state index >= 15 is 0 Å². The third kappa shape index (κ3) is 4.26. The van der Waals surface area contributed by atoms with Gasteiger partial charge in [0.05, 0.1) is 23.3 Å². The molecule has 0 saturated carbocycles. The van der Waals surface area contributed by atoms with Crippen molar-refractivity contribution in [2.75, 3.05) is 0 Å². The third-order valence-electron chi connectivity index (χ3n) is 5.02. The van der Waals surface area contributed by atoms with Gasteiger partial charge in [-0.1, -0.05) is 33.8 Å². The molecule has 0 aromatic carbocycles. The van der Waals surface area contributed by atoms with Gasteiger partial charge in [-0.3, -0.25) is 4.98 Å². The maximum Gasteiger partial charge on any atom is 0.328 e. The number of rotatable bonds is 4. The number of aliphatic carboxylic acids is 1. The number of halogens is 1. The molecule has 0 saturated heterocycles. The van der Waals surface area contributed by atoms with Crippen molar-refractivity contribution in [3.8, 4) is 0 Å². The standard InChI is InChI=1S/C21H27FN2O2/c1-13(11-17(25)26)7-8-15(22)14(2)16-12-23-18-19(24-16)21(5,6)10-9-20(18,3)4/h7-8,11-12H,9-10H2,1-6H3,(H,25,26). The first-order chi connectivity index (χ1) is 11.9. The van der Waals surface area contributed by atoms with Crippen molar-refractivity contribution in [2.45, 2.75) is 65.2 Å². The van der Waals surface area contributed by atoms with Gasteiger partial charge in [0.2, 0.25) is 0 Å². The molecule has 2 rings (SSSR count). The summed E-state index contributed by atoms with van der Waals surface area (Å²) in [5.74, 6) is -1.51. The van der Waals surface area contributed by atoms with Crippen molar-refractivity contribution in [3.05, 3.63) is 52.9 Å². The fraction of sp³-hybridized carbons (Fsp3) is 0.476. The summed E-state index contributed by atoms with van der Waals surface area (Å²) in [4.78, 5) is 20.0. The van der Waals surface area contributed by atoms with Gasteiger partial charge in [-0.25, -0.2) is 14.2 Å². The fourth-order valence-corrected chi connectivity index (χ4v) is 3.09. The number of carbonyl (C=O) groups is 1. The zero-order valence-corrected chi connectivity index (χ0v) is 16.4. The van der Waals surface area contributed by atoms with Crippen LogP contribution in [-0.2, 0) is 15.6 Å². The molecule has 0 radical (unpaired) electrons. The van der Waals surface area contributed by atoms with Crippen LogP contribution in [0.5, 0.6) is 0 Å². The van der Waals surface area contributed by atoms with Crippen LogP contribution >= 0.6 is 0 Å². The average Bonchev–Trinajstić information content (AvgIpc) is 2.55. The topological polar surface area (TPSA) is 63.1 Å². The number of nitrogens with zero attached hydrogens (tertiary/aromatic N) is 2. The lowest BCUT2D eigenvalue weighted by Gasteiger charge is -2.39. The molecule has 140 valence electrons. The van der Waals surface area contributed by atoms with E-state index in [2.05, 4.69) is 32.7 Å². The summed E-state index contributed by atoms with van der Waals surface area (Å²) in [6, 6.07) is 0. The second kappa shape index (κ2) is 7.14. The van der Waals surface area contributed by atoms with Crippen LogP contribution < -0.4 is 0 Å². The summed E-state index contributed by atoms with van der Waals surface area (Å²) in [6.07, 6.45) is 7.41. The van der Waals surface area contributed by atoms with Gasteiger partial charge in [0.25, 0.3) is 0 Å². The predicted molar refractivity (Wildman–Crippen MR) is 102 cm³/mol. The lowest BCUT2D eigenvalue weighted by atomic mass is 9.67. The van der Waals surface area contributed by atoms with Crippen molar-refractivity contribution in [1.82, 2.24) is 9.97 Å². The lowest BCUT2D eigenvalue weighted by molar-refractivity contribution is -0.131. The maximum absolute atomic E-state index is 14.5. The Kier molecular flexibility index (Phi) is 5.49. The molecule has 1 aromatic rings. The van der Waals surface area contributed by atoms with E-state index in [1.54, 1.807) is 20.0 Å². The minimum Gasteiger partial charge on any atom is -0.478 e. The van der Waals surface area contributed by atoms with E-state index in [0.29, 0.717) is 16.8 Å². The molecule has 1 aliphatic rings. The minimum atomic E-state index is -1.06. The molecule has 1 aromatic heterocycles. The highest BCUT2D eigenvalue weighted by molar-refractivity contribution is 5.81. The van der Waals surface area contributed by atoms with Crippen LogP contribution in [0.15, 0.2) is 35.8 Å². The molecule has 4 nitrogen and oxygen atoms in total. The van der Waals surface area contributed by atoms with Crippen LogP contribution in [0.4, 0.5) is 4.39 Å². The van der Waals surface area contributed by atoms with E-state index in [0.717, 1.165) is 30.3 Å². The van der Waals surface area contributed by atoms with Gasteiger partial charge in [0.15, 0.2) is 0 Å². The number of hydrogen-bond donors (Lipinski definition) is 1. The molecule has 0 bridgehead atoms. The van der Waals surface area contributed by atoms with Crippen LogP contribution in [-0.4, -0.2) is 21.0 Å². The van der Waals surface area contributed by atoms with E-state index < -0.39 is 11.8 Å².